The molecule has 0 radical (unpaired) electrons. The Hall–Kier alpha value is -3.05. The Balaban J connectivity index is 1.91. The molecule has 3 rings (SSSR count). The van der Waals surface area contributed by atoms with Crippen molar-refractivity contribution in [3.05, 3.63) is 24.3 Å². The summed E-state index contributed by atoms with van der Waals surface area (Å²) in [5.74, 6) is -2.98. The summed E-state index contributed by atoms with van der Waals surface area (Å²) in [4.78, 5) is 66.5. The fraction of sp³-hybridized carbons (Fsp3) is 0.913. The van der Waals surface area contributed by atoms with Gasteiger partial charge in [-0.05, 0) is 77.0 Å². The van der Waals surface area contributed by atoms with E-state index in [1.165, 1.54) is 173 Å². The van der Waals surface area contributed by atoms with Gasteiger partial charge in [-0.25, -0.2) is 4.57 Å². The molecule has 0 amide bonds. The Morgan fingerprint density at radius 2 is 0.636 bits per heavy atom. The van der Waals surface area contributed by atoms with Crippen molar-refractivity contribution in [1.82, 2.24) is 0 Å². The van der Waals surface area contributed by atoms with E-state index < -0.39 is 162 Å². The highest BCUT2D eigenvalue weighted by molar-refractivity contribution is 7.47. The molecule has 18 atom stereocenters. The van der Waals surface area contributed by atoms with Gasteiger partial charge < -0.3 is 88.7 Å². The van der Waals surface area contributed by atoms with Gasteiger partial charge in [-0.1, -0.05) is 328 Å². The van der Waals surface area contributed by atoms with Crippen LogP contribution in [0.3, 0.4) is 0 Å². The van der Waals surface area contributed by atoms with Gasteiger partial charge in [-0.15, -0.1) is 0 Å². The van der Waals surface area contributed by atoms with Crippen molar-refractivity contribution in [3.63, 3.8) is 0 Å². The Morgan fingerprint density at radius 3 is 1.03 bits per heavy atom. The van der Waals surface area contributed by atoms with E-state index in [-0.39, 0.29) is 32.1 Å². The van der Waals surface area contributed by atoms with Crippen molar-refractivity contribution < 1.29 is 122 Å². The summed E-state index contributed by atoms with van der Waals surface area (Å²) in [6.45, 7) is 5.58. The number of allylic oxidation sites excluding steroid dienone is 4. The number of unbranched alkanes of at least 4 members (excludes halogenated alkanes) is 49. The fourth-order valence-electron chi connectivity index (χ4n) is 15.6. The van der Waals surface area contributed by atoms with Crippen molar-refractivity contribution >= 4 is 31.7 Å². The van der Waals surface area contributed by atoms with Crippen LogP contribution in [-0.4, -0.2) is 205 Å². The number of carbonyl (C=O) groups excluding carboxylic acids is 4. The standard InChI is InChI=1S/C92H169O25P/c1-5-9-13-17-21-25-29-33-36-39-42-44-48-52-56-60-64-75(94)108-69-72(111-77(96)66-62-58-54-50-47-43-38-35-31-27-23-19-15-11-7-3)70-110-118(106,107)117-90-88(115-91-85(104)81(100)79(98)73(68-93)112-91)84(103)83(102)87(114-78(97)67-63-59-55-51-46-40-32-28-24-20-16-12-8-4)89(90)116-92-86(105)82(101)80(99)74(113-92)71-109-76(95)65-61-57-53-49-45-41-37-34-30-26-22-18-14-10-6-2/h27,31,40,46,72-74,79-93,98-105H,5-26,28-30,32-39,41-45,47-71H2,1-4H3,(H,106,107)/b31-27-,46-40-. The van der Waals surface area contributed by atoms with Crippen LogP contribution >= 0.6 is 7.82 Å². The first-order chi connectivity index (χ1) is 57.2. The Morgan fingerprint density at radius 1 is 0.331 bits per heavy atom. The number of phosphoric ester groups is 1. The van der Waals surface area contributed by atoms with Gasteiger partial charge in [0.05, 0.1) is 13.2 Å². The molecule has 0 aromatic rings. The predicted molar refractivity (Wildman–Crippen MR) is 458 cm³/mol. The van der Waals surface area contributed by atoms with Gasteiger partial charge in [0.15, 0.2) is 24.8 Å². The van der Waals surface area contributed by atoms with Crippen molar-refractivity contribution in [1.29, 1.82) is 0 Å². The van der Waals surface area contributed by atoms with E-state index >= 15 is 0 Å². The number of esters is 4. The third-order valence-electron chi connectivity index (χ3n) is 23.2. The molecule has 18 unspecified atom stereocenters. The van der Waals surface area contributed by atoms with Crippen LogP contribution in [0.2, 0.25) is 0 Å². The van der Waals surface area contributed by atoms with Crippen molar-refractivity contribution in [2.24, 2.45) is 0 Å². The van der Waals surface area contributed by atoms with E-state index in [0.717, 1.165) is 135 Å². The number of ether oxygens (including phenoxy) is 8. The lowest BCUT2D eigenvalue weighted by molar-refractivity contribution is -0.360. The van der Waals surface area contributed by atoms with Crippen LogP contribution in [0.4, 0.5) is 0 Å². The molecule has 10 N–H and O–H groups in total. The number of aliphatic hydroxyl groups is 9. The molecule has 3 fully saturated rings. The molecule has 2 aliphatic heterocycles. The third-order valence-corrected chi connectivity index (χ3v) is 24.2. The largest absolute Gasteiger partial charge is 0.472 e. The van der Waals surface area contributed by atoms with E-state index in [4.69, 9.17) is 46.9 Å². The molecule has 2 saturated heterocycles. The number of phosphoric acid groups is 1. The van der Waals surface area contributed by atoms with Crippen LogP contribution in [0.15, 0.2) is 24.3 Å². The molecule has 1 saturated carbocycles. The fourth-order valence-corrected chi connectivity index (χ4v) is 16.6. The van der Waals surface area contributed by atoms with Gasteiger partial charge in [0.2, 0.25) is 0 Å². The number of hydrogen-bond acceptors (Lipinski definition) is 24. The summed E-state index contributed by atoms with van der Waals surface area (Å²) in [5.41, 5.74) is 0. The Labute approximate surface area is 711 Å². The monoisotopic (exact) mass is 1710 g/mol. The second-order valence-electron chi connectivity index (χ2n) is 33.9. The number of hydrogen-bond donors (Lipinski definition) is 10. The Bertz CT molecular complexity index is 2550. The number of carbonyl (C=O) groups is 4. The van der Waals surface area contributed by atoms with Gasteiger partial charge in [0, 0.05) is 25.7 Å². The molecule has 692 valence electrons. The average molecular weight is 1710 g/mol. The lowest BCUT2D eigenvalue weighted by Crippen LogP contribution is -2.70. The van der Waals surface area contributed by atoms with E-state index in [9.17, 15) is 74.6 Å². The molecular formula is C92H169O25P. The minimum Gasteiger partial charge on any atom is -0.463 e. The SMILES string of the molecule is CCCCCC/C=C\CCCCCCCCCC(=O)OC(COC(=O)CCCCCCCCCCCCCCCCCC)COP(=O)(O)OC1C(OC2OC(CO)C(O)C(O)C2O)C(O)C(O)C(OC(=O)CCCCC/C=C\CCCCCCCC)C1OC1OC(COC(=O)CCCCCCCCCCCCCCCCC)C(O)C(O)C1O. The maximum atomic E-state index is 14.9. The molecule has 2 heterocycles. The second-order valence-corrected chi connectivity index (χ2v) is 35.3. The molecule has 26 heteroatoms. The van der Waals surface area contributed by atoms with Crippen LogP contribution in [0, 0.1) is 0 Å². The summed E-state index contributed by atoms with van der Waals surface area (Å²) in [6.07, 6.45) is 31.7. The van der Waals surface area contributed by atoms with E-state index in [0.29, 0.717) is 38.5 Å². The first kappa shape index (κ1) is 109. The van der Waals surface area contributed by atoms with Crippen LogP contribution in [0.5, 0.6) is 0 Å². The van der Waals surface area contributed by atoms with Gasteiger partial charge in [-0.3, -0.25) is 28.2 Å². The summed E-state index contributed by atoms with van der Waals surface area (Å²) in [6, 6.07) is 0. The lowest BCUT2D eigenvalue weighted by Gasteiger charge is -2.50. The summed E-state index contributed by atoms with van der Waals surface area (Å²) in [5, 5.41) is 102. The molecule has 25 nitrogen and oxygen atoms in total. The summed E-state index contributed by atoms with van der Waals surface area (Å²) >= 11 is 0. The first-order valence-corrected chi connectivity index (χ1v) is 49.1. The van der Waals surface area contributed by atoms with Gasteiger partial charge in [0.25, 0.3) is 0 Å². The first-order valence-electron chi connectivity index (χ1n) is 47.6. The number of rotatable bonds is 77. The van der Waals surface area contributed by atoms with E-state index in [2.05, 4.69) is 52.0 Å². The van der Waals surface area contributed by atoms with Gasteiger partial charge in [-0.2, -0.15) is 0 Å². The molecule has 0 aromatic carbocycles. The van der Waals surface area contributed by atoms with E-state index in [1.807, 2.05) is 0 Å². The number of aliphatic hydroxyl groups excluding tert-OH is 9. The molecule has 0 aromatic heterocycles. The van der Waals surface area contributed by atoms with E-state index in [1.54, 1.807) is 0 Å². The average Bonchev–Trinajstić information content (AvgIpc) is 0.755. The normalized spacial score (nSPS) is 25.0. The third kappa shape index (κ3) is 50.8. The highest BCUT2D eigenvalue weighted by atomic mass is 31.2. The lowest BCUT2D eigenvalue weighted by atomic mass is 9.84. The van der Waals surface area contributed by atoms with Gasteiger partial charge in [0.1, 0.15) is 92.6 Å². The molecular weight excluding hydrogens is 1540 g/mol. The van der Waals surface area contributed by atoms with Crippen LogP contribution in [0.1, 0.15) is 407 Å². The van der Waals surface area contributed by atoms with Gasteiger partial charge >= 0.3 is 31.7 Å². The quantitative estimate of drug-likeness (QED) is 0.00889. The molecule has 0 bridgehead atoms. The molecule has 0 spiro atoms. The minimum absolute atomic E-state index is 0.0161. The maximum Gasteiger partial charge on any atom is 0.472 e. The Kier molecular flexibility index (Phi) is 65.8. The smallest absolute Gasteiger partial charge is 0.463 e. The zero-order chi connectivity index (χ0) is 86.1. The van der Waals surface area contributed by atoms with Crippen molar-refractivity contribution in [3.8, 4) is 0 Å². The van der Waals surface area contributed by atoms with Crippen LogP contribution in [0.25, 0.3) is 0 Å². The molecule has 118 heavy (non-hydrogen) atoms. The highest BCUT2D eigenvalue weighted by Gasteiger charge is 2.60. The predicted octanol–water partition coefficient (Wildman–Crippen LogP) is 17.7. The van der Waals surface area contributed by atoms with Crippen LogP contribution < -0.4 is 0 Å². The minimum atomic E-state index is -5.81. The zero-order valence-corrected chi connectivity index (χ0v) is 74.6. The highest BCUT2D eigenvalue weighted by Crippen LogP contribution is 2.49. The second kappa shape index (κ2) is 71.1. The van der Waals surface area contributed by atoms with Crippen molar-refractivity contribution in [2.75, 3.05) is 26.4 Å². The molecule has 3 aliphatic rings. The van der Waals surface area contributed by atoms with Crippen LogP contribution in [-0.2, 0) is 70.7 Å². The topological polar surface area (TPSA) is 380 Å². The molecule has 1 aliphatic carbocycles. The maximum absolute atomic E-state index is 14.9. The summed E-state index contributed by atoms with van der Waals surface area (Å²) < 4.78 is 73.4. The zero-order valence-electron chi connectivity index (χ0n) is 73.7. The van der Waals surface area contributed by atoms with Crippen molar-refractivity contribution in [2.45, 2.75) is 511 Å². The summed E-state index contributed by atoms with van der Waals surface area (Å²) in [7, 11) is -5.81.